The summed E-state index contributed by atoms with van der Waals surface area (Å²) in [6, 6.07) is 0. The number of aliphatic carboxylic acids is 1. The summed E-state index contributed by atoms with van der Waals surface area (Å²) in [7, 11) is 0. The van der Waals surface area contributed by atoms with E-state index in [1.807, 2.05) is 34.6 Å². The maximum Gasteiger partial charge on any atom is 0.335 e. The van der Waals surface area contributed by atoms with E-state index in [1.165, 1.54) is 0 Å². The van der Waals surface area contributed by atoms with Gasteiger partial charge < -0.3 is 119 Å². The van der Waals surface area contributed by atoms with E-state index in [0.717, 1.165) is 5.57 Å². The van der Waals surface area contributed by atoms with E-state index in [4.69, 9.17) is 47.4 Å². The van der Waals surface area contributed by atoms with Gasteiger partial charge in [-0.15, -0.1) is 0 Å². The van der Waals surface area contributed by atoms with Crippen molar-refractivity contribution in [1.82, 2.24) is 0 Å². The van der Waals surface area contributed by atoms with E-state index < -0.39 is 224 Å². The summed E-state index contributed by atoms with van der Waals surface area (Å²) in [5.74, 6) is -4.23. The molecule has 0 amide bonds. The molecule has 1 unspecified atom stereocenters. The van der Waals surface area contributed by atoms with Crippen LogP contribution in [0.5, 0.6) is 0 Å². The minimum absolute atomic E-state index is 0.197. The lowest BCUT2D eigenvalue weighted by molar-refractivity contribution is -0.399. The van der Waals surface area contributed by atoms with Crippen LogP contribution in [0.4, 0.5) is 0 Å². The van der Waals surface area contributed by atoms with Gasteiger partial charge in [0.1, 0.15) is 85.5 Å². The number of esters is 2. The molecule has 0 radical (unpaired) electrons. The quantitative estimate of drug-likeness (QED) is 0.0393. The van der Waals surface area contributed by atoms with Crippen molar-refractivity contribution in [2.75, 3.05) is 26.4 Å². The van der Waals surface area contributed by atoms with Crippen molar-refractivity contribution in [3.05, 3.63) is 34.9 Å². The van der Waals surface area contributed by atoms with Gasteiger partial charge in [-0.25, -0.2) is 14.4 Å². The molecular weight excluding hydrogens is 1180 g/mol. The maximum absolute atomic E-state index is 13.9. The SMILES string of the molecule is C/C=C(/C)C(=O)O[C@H]1[C@H](OC(=O)/C(C)=C\C)[C@]2(CO)[C@H](O)[C@H](O)[C@]3(C)C(=CC[C@@H]4[C@@]5(C)CC[C@H](O[C@@H]6O[C@H](C(=O)O)[C@@H](O)[C@H](O[C@@H]7OC[C@H](O)[C@H](O)[C@H]7O[C@@H]7OC[C@H](O)[C@H](O)[C@H]7O)[C@H]6O[C@@H]6O[C@H](CO)[C@H](O)[C@H](O)[C@H]6O)C(C)(C)C5CC[C@]43C)[C@@H]2CC1(C)C. The third kappa shape index (κ3) is 11.5. The predicted octanol–water partition coefficient (Wildman–Crippen LogP) is -1.27. The first-order valence-corrected chi connectivity index (χ1v) is 31.1. The third-order valence-corrected chi connectivity index (χ3v) is 23.0. The van der Waals surface area contributed by atoms with Gasteiger partial charge in [-0.2, -0.15) is 0 Å². The summed E-state index contributed by atoms with van der Waals surface area (Å²) < 4.78 is 61.2. The number of carbonyl (C=O) groups excluding carboxylic acids is 2. The molecule has 0 spiro atoms. The second-order valence-electron chi connectivity index (χ2n) is 28.4. The molecule has 0 aromatic carbocycles. The molecule has 4 heterocycles. The van der Waals surface area contributed by atoms with Crippen LogP contribution in [0.1, 0.15) is 115 Å². The zero-order valence-corrected chi connectivity index (χ0v) is 52.4. The summed E-state index contributed by atoms with van der Waals surface area (Å²) >= 11 is 0. The van der Waals surface area contributed by atoms with Crippen molar-refractivity contribution in [3.8, 4) is 0 Å². The van der Waals surface area contributed by atoms with Gasteiger partial charge in [0.05, 0.1) is 50.2 Å². The molecule has 0 bridgehead atoms. The Morgan fingerprint density at radius 2 is 1.18 bits per heavy atom. The lowest BCUT2D eigenvalue weighted by Crippen LogP contribution is -2.76. The van der Waals surface area contributed by atoms with Gasteiger partial charge >= 0.3 is 17.9 Å². The Morgan fingerprint density at radius 3 is 1.78 bits per heavy atom. The van der Waals surface area contributed by atoms with Gasteiger partial charge in [0.15, 0.2) is 37.4 Å². The Morgan fingerprint density at radius 1 is 0.607 bits per heavy atom. The number of fused-ring (bicyclic) bond motifs is 7. The lowest BCUT2D eigenvalue weighted by Gasteiger charge is -2.73. The molecule has 0 aromatic heterocycles. The van der Waals surface area contributed by atoms with Crippen LogP contribution in [0.15, 0.2) is 34.9 Å². The third-order valence-electron chi connectivity index (χ3n) is 23.0. The molecule has 4 aliphatic heterocycles. The molecule has 89 heavy (non-hydrogen) atoms. The first-order chi connectivity index (χ1) is 41.6. The number of carboxylic acids is 1. The minimum atomic E-state index is -2.24. The van der Waals surface area contributed by atoms with Crippen LogP contribution in [0, 0.1) is 50.2 Å². The van der Waals surface area contributed by atoms with Crippen LogP contribution >= 0.6 is 0 Å². The number of rotatable bonds is 15. The Labute approximate surface area is 517 Å². The number of aliphatic hydroxyl groups is 13. The van der Waals surface area contributed by atoms with Gasteiger partial charge in [-0.05, 0) is 100 Å². The van der Waals surface area contributed by atoms with Crippen LogP contribution in [0.3, 0.4) is 0 Å². The number of aliphatic hydroxyl groups excluding tert-OH is 13. The summed E-state index contributed by atoms with van der Waals surface area (Å²) in [6.07, 6.45) is -33.0. The first kappa shape index (κ1) is 70.1. The Bertz CT molecular complexity index is 2660. The molecule has 30 atom stereocenters. The molecule has 8 fully saturated rings. The Hall–Kier alpha value is -3.21. The topological polar surface area (TPSA) is 427 Å². The molecule has 4 saturated heterocycles. The number of allylic oxidation sites excluding steroid dienone is 3. The van der Waals surface area contributed by atoms with Gasteiger partial charge in [0.25, 0.3) is 0 Å². The van der Waals surface area contributed by atoms with E-state index >= 15 is 0 Å². The van der Waals surface area contributed by atoms with E-state index in [1.54, 1.807) is 39.8 Å². The summed E-state index contributed by atoms with van der Waals surface area (Å²) in [6.45, 7) is 17.7. The fraction of sp³-hybridized carbons (Fsp3) is 0.855. The largest absolute Gasteiger partial charge is 0.479 e. The van der Waals surface area contributed by atoms with Crippen LogP contribution in [0.2, 0.25) is 0 Å². The molecule has 14 N–H and O–H groups in total. The van der Waals surface area contributed by atoms with Crippen molar-refractivity contribution in [2.24, 2.45) is 50.2 Å². The fourth-order valence-corrected chi connectivity index (χ4v) is 17.3. The number of hydrogen-bond donors (Lipinski definition) is 14. The smallest absolute Gasteiger partial charge is 0.335 e. The highest BCUT2D eigenvalue weighted by Crippen LogP contribution is 2.76. The number of carboxylic acid groups (broad SMARTS) is 1. The maximum atomic E-state index is 13.9. The molecule has 506 valence electrons. The van der Waals surface area contributed by atoms with Crippen molar-refractivity contribution in [2.45, 2.75) is 256 Å². The molecule has 27 heteroatoms. The zero-order valence-electron chi connectivity index (χ0n) is 52.4. The highest BCUT2D eigenvalue weighted by atomic mass is 16.8. The van der Waals surface area contributed by atoms with Gasteiger partial charge in [-0.1, -0.05) is 72.3 Å². The summed E-state index contributed by atoms with van der Waals surface area (Å²) in [5.41, 5.74) is -4.71. The second kappa shape index (κ2) is 25.8. The molecule has 9 rings (SSSR count). The van der Waals surface area contributed by atoms with E-state index in [-0.39, 0.29) is 30.3 Å². The van der Waals surface area contributed by atoms with Crippen molar-refractivity contribution >= 4 is 17.9 Å². The number of hydrogen-bond acceptors (Lipinski definition) is 26. The molecule has 27 nitrogen and oxygen atoms in total. The normalized spacial score (nSPS) is 49.8. The van der Waals surface area contributed by atoms with E-state index in [9.17, 15) is 85.9 Å². The molecule has 5 aliphatic carbocycles. The number of ether oxygens (including phenoxy) is 10. The molecule has 9 aliphatic rings. The molecule has 0 aromatic rings. The first-order valence-electron chi connectivity index (χ1n) is 31.1. The average Bonchev–Trinajstić information content (AvgIpc) is 0.667. The highest BCUT2D eigenvalue weighted by Gasteiger charge is 2.76. The summed E-state index contributed by atoms with van der Waals surface area (Å²) in [4.78, 5) is 40.7. The van der Waals surface area contributed by atoms with Crippen LogP contribution in [-0.2, 0) is 61.8 Å². The standard InChI is InChI=1S/C62H96O27/c1-12-25(3)51(78)88-48-49(89-52(79)26(4)13-2)62(24-64)28(20-57(48,5)6)27-14-15-33-59(9)18-17-34(58(7,8)32(59)16-19-60(33,10)61(27,11)46(74)47(62)75)83-56-45(87-54-40(72)38(70)37(69)31(21-63)82-54)42(41(73)43(85-56)50(76)77)84-55-44(36(68)30(66)23-81-55)86-53-39(71)35(67)29(65)22-80-53/h12-14,28-49,53-56,63-75H,15-24H2,1-11H3,(H,76,77)/b25-12-,26-13-/t28-,29-,30-,31+,32?,33+,34-,35-,36-,37-,38-,39+,40+,41-,42-,43-,44+,45+,46-,47+,48-,49-,53-,54-,55-,56+,59-,60+,61-,62-/m0/s1. The number of carbonyl (C=O) groups is 3. The second-order valence-corrected chi connectivity index (χ2v) is 28.4. The average molecular weight is 1270 g/mol. The highest BCUT2D eigenvalue weighted by molar-refractivity contribution is 5.89. The van der Waals surface area contributed by atoms with Crippen LogP contribution < -0.4 is 0 Å². The van der Waals surface area contributed by atoms with Crippen LogP contribution in [-0.4, -0.2) is 257 Å². The van der Waals surface area contributed by atoms with Crippen molar-refractivity contribution in [1.29, 1.82) is 0 Å². The monoisotopic (exact) mass is 1270 g/mol. The van der Waals surface area contributed by atoms with Gasteiger partial charge in [-0.3, -0.25) is 0 Å². The Kier molecular flexibility index (Phi) is 20.4. The van der Waals surface area contributed by atoms with E-state index in [0.29, 0.717) is 31.3 Å². The van der Waals surface area contributed by atoms with Gasteiger partial charge in [0, 0.05) is 22.0 Å². The molecule has 4 saturated carbocycles. The minimum Gasteiger partial charge on any atom is -0.479 e. The van der Waals surface area contributed by atoms with Crippen molar-refractivity contribution in [3.63, 3.8) is 0 Å². The Balaban J connectivity index is 1.05. The summed E-state index contributed by atoms with van der Waals surface area (Å²) in [5, 5.41) is 157. The zero-order chi connectivity index (χ0) is 65.7. The lowest BCUT2D eigenvalue weighted by atomic mass is 9.32. The predicted molar refractivity (Wildman–Crippen MR) is 303 cm³/mol. The fourth-order valence-electron chi connectivity index (χ4n) is 17.3. The van der Waals surface area contributed by atoms with Crippen molar-refractivity contribution < 1.29 is 133 Å². The van der Waals surface area contributed by atoms with Crippen LogP contribution in [0.25, 0.3) is 0 Å². The van der Waals surface area contributed by atoms with E-state index in [2.05, 4.69) is 19.9 Å². The molecular formula is C62H96O27. The van der Waals surface area contributed by atoms with Gasteiger partial charge in [0.2, 0.25) is 0 Å².